The van der Waals surface area contributed by atoms with Gasteiger partial charge in [-0.05, 0) is 67.9 Å². The Morgan fingerprint density at radius 1 is 0.966 bits per heavy atom. The Labute approximate surface area is 168 Å². The SMILES string of the molecule is Cc1cc(C)nc(NS(=O)(=O)c2ccc(N=Cc3ccc4c(c3)OCO4)cc2)n1. The third kappa shape index (κ3) is 4.35. The first kappa shape index (κ1) is 18.9. The molecule has 0 fully saturated rings. The van der Waals surface area contributed by atoms with Crippen LogP contribution in [-0.4, -0.2) is 31.4 Å². The second-order valence-electron chi connectivity index (χ2n) is 6.44. The Bertz CT molecular complexity index is 1170. The number of rotatable bonds is 5. The average Bonchev–Trinajstić information content (AvgIpc) is 3.13. The van der Waals surface area contributed by atoms with Crippen molar-refractivity contribution in [1.82, 2.24) is 9.97 Å². The number of fused-ring (bicyclic) bond motifs is 1. The number of ether oxygens (including phenoxy) is 2. The van der Waals surface area contributed by atoms with Crippen molar-refractivity contribution in [2.24, 2.45) is 4.99 Å². The van der Waals surface area contributed by atoms with Crippen molar-refractivity contribution in [1.29, 1.82) is 0 Å². The maximum absolute atomic E-state index is 12.6. The van der Waals surface area contributed by atoms with E-state index in [4.69, 9.17) is 9.47 Å². The normalized spacial score (nSPS) is 13.0. The molecule has 0 saturated carbocycles. The number of nitrogens with zero attached hydrogens (tertiary/aromatic N) is 3. The van der Waals surface area contributed by atoms with Crippen LogP contribution in [0.4, 0.5) is 11.6 Å². The Balaban J connectivity index is 1.49. The maximum atomic E-state index is 12.6. The van der Waals surface area contributed by atoms with Crippen LogP contribution in [0.1, 0.15) is 17.0 Å². The van der Waals surface area contributed by atoms with Crippen molar-refractivity contribution in [2.75, 3.05) is 11.5 Å². The Kier molecular flexibility index (Phi) is 4.89. The number of anilines is 1. The molecule has 1 aliphatic heterocycles. The summed E-state index contributed by atoms with van der Waals surface area (Å²) in [5.41, 5.74) is 2.83. The lowest BCUT2D eigenvalue weighted by Gasteiger charge is -2.08. The predicted molar refractivity (Wildman–Crippen MR) is 109 cm³/mol. The maximum Gasteiger partial charge on any atom is 0.264 e. The lowest BCUT2D eigenvalue weighted by molar-refractivity contribution is 0.174. The van der Waals surface area contributed by atoms with Gasteiger partial charge in [0.25, 0.3) is 10.0 Å². The van der Waals surface area contributed by atoms with Gasteiger partial charge in [-0.1, -0.05) is 0 Å². The topological polar surface area (TPSA) is 103 Å². The number of benzene rings is 2. The second-order valence-corrected chi connectivity index (χ2v) is 8.13. The van der Waals surface area contributed by atoms with Gasteiger partial charge in [-0.15, -0.1) is 0 Å². The molecule has 0 saturated heterocycles. The molecule has 0 unspecified atom stereocenters. The number of nitrogens with one attached hydrogen (secondary N) is 1. The van der Waals surface area contributed by atoms with Crippen LogP contribution in [0.25, 0.3) is 0 Å². The van der Waals surface area contributed by atoms with E-state index in [0.717, 1.165) is 5.56 Å². The largest absolute Gasteiger partial charge is 0.454 e. The van der Waals surface area contributed by atoms with Gasteiger partial charge in [-0.3, -0.25) is 4.99 Å². The van der Waals surface area contributed by atoms with Crippen LogP contribution in [0.15, 0.2) is 58.4 Å². The number of aryl methyl sites for hydroxylation is 2. The van der Waals surface area contributed by atoms with Crippen LogP contribution in [0.2, 0.25) is 0 Å². The lowest BCUT2D eigenvalue weighted by atomic mass is 10.2. The minimum absolute atomic E-state index is 0.0485. The number of sulfonamides is 1. The van der Waals surface area contributed by atoms with E-state index < -0.39 is 10.0 Å². The standard InChI is InChI=1S/C20H18N4O4S/c1-13-9-14(2)23-20(22-13)24-29(25,26)17-6-4-16(5-7-17)21-11-15-3-8-18-19(10-15)28-12-27-18/h3-11H,12H2,1-2H3,(H,22,23,24). The molecule has 1 aliphatic rings. The molecular weight excluding hydrogens is 392 g/mol. The highest BCUT2D eigenvalue weighted by Crippen LogP contribution is 2.32. The van der Waals surface area contributed by atoms with Gasteiger partial charge in [-0.25, -0.2) is 23.1 Å². The van der Waals surface area contributed by atoms with Crippen LogP contribution in [0.5, 0.6) is 11.5 Å². The molecule has 1 N–H and O–H groups in total. The molecule has 0 aliphatic carbocycles. The fraction of sp³-hybridized carbons (Fsp3) is 0.150. The zero-order valence-corrected chi connectivity index (χ0v) is 16.6. The number of hydrogen-bond donors (Lipinski definition) is 1. The molecule has 4 rings (SSSR count). The van der Waals surface area contributed by atoms with Gasteiger partial charge in [-0.2, -0.15) is 0 Å². The van der Waals surface area contributed by atoms with Crippen LogP contribution in [-0.2, 0) is 10.0 Å². The summed E-state index contributed by atoms with van der Waals surface area (Å²) in [6.07, 6.45) is 1.67. The summed E-state index contributed by atoms with van der Waals surface area (Å²) in [7, 11) is -3.79. The van der Waals surface area contributed by atoms with Gasteiger partial charge in [0.2, 0.25) is 12.7 Å². The molecule has 0 amide bonds. The van der Waals surface area contributed by atoms with E-state index in [1.807, 2.05) is 18.2 Å². The van der Waals surface area contributed by atoms with Gasteiger partial charge in [0.05, 0.1) is 10.6 Å². The van der Waals surface area contributed by atoms with Crippen LogP contribution in [0.3, 0.4) is 0 Å². The third-order valence-electron chi connectivity index (χ3n) is 4.11. The third-order valence-corrected chi connectivity index (χ3v) is 5.46. The number of aliphatic imine (C=N–C) groups is 1. The highest BCUT2D eigenvalue weighted by molar-refractivity contribution is 7.92. The first-order valence-corrected chi connectivity index (χ1v) is 10.3. The average molecular weight is 410 g/mol. The van der Waals surface area contributed by atoms with Crippen LogP contribution < -0.4 is 14.2 Å². The van der Waals surface area contributed by atoms with Gasteiger partial charge < -0.3 is 9.47 Å². The first-order chi connectivity index (χ1) is 13.9. The fourth-order valence-electron chi connectivity index (χ4n) is 2.80. The van der Waals surface area contributed by atoms with Gasteiger partial charge in [0.1, 0.15) is 0 Å². The van der Waals surface area contributed by atoms with Crippen molar-refractivity contribution >= 4 is 27.9 Å². The molecule has 2 heterocycles. The van der Waals surface area contributed by atoms with Crippen molar-refractivity contribution in [3.05, 3.63) is 65.5 Å². The van der Waals surface area contributed by atoms with E-state index in [1.165, 1.54) is 12.1 Å². The molecular formula is C20H18N4O4S. The molecule has 9 heteroatoms. The fourth-order valence-corrected chi connectivity index (χ4v) is 3.75. The highest BCUT2D eigenvalue weighted by Gasteiger charge is 2.16. The molecule has 29 heavy (non-hydrogen) atoms. The predicted octanol–water partition coefficient (Wildman–Crippen LogP) is 3.37. The van der Waals surface area contributed by atoms with Gasteiger partial charge in [0, 0.05) is 17.6 Å². The molecule has 0 radical (unpaired) electrons. The summed E-state index contributed by atoms with van der Waals surface area (Å²) in [4.78, 5) is 12.7. The minimum atomic E-state index is -3.79. The molecule has 2 aromatic carbocycles. The van der Waals surface area contributed by atoms with Gasteiger partial charge in [0.15, 0.2) is 11.5 Å². The molecule has 0 spiro atoms. The zero-order valence-electron chi connectivity index (χ0n) is 15.8. The molecule has 8 nitrogen and oxygen atoms in total. The Morgan fingerprint density at radius 3 is 2.38 bits per heavy atom. The van der Waals surface area contributed by atoms with E-state index in [1.54, 1.807) is 38.3 Å². The Hall–Kier alpha value is -3.46. The summed E-state index contributed by atoms with van der Waals surface area (Å²) < 4.78 is 38.2. The van der Waals surface area contributed by atoms with Crippen molar-refractivity contribution in [3.8, 4) is 11.5 Å². The smallest absolute Gasteiger partial charge is 0.264 e. The molecule has 1 aromatic heterocycles. The lowest BCUT2D eigenvalue weighted by Crippen LogP contribution is -2.15. The van der Waals surface area contributed by atoms with E-state index in [9.17, 15) is 8.42 Å². The number of hydrogen-bond acceptors (Lipinski definition) is 7. The number of aromatic nitrogens is 2. The van der Waals surface area contributed by atoms with Crippen molar-refractivity contribution in [3.63, 3.8) is 0 Å². The van der Waals surface area contributed by atoms with Gasteiger partial charge >= 0.3 is 0 Å². The van der Waals surface area contributed by atoms with E-state index in [0.29, 0.717) is 28.6 Å². The van der Waals surface area contributed by atoms with Crippen LogP contribution in [0, 0.1) is 13.8 Å². The summed E-state index contributed by atoms with van der Waals surface area (Å²) in [6.45, 7) is 3.77. The summed E-state index contributed by atoms with van der Waals surface area (Å²) in [5.74, 6) is 1.43. The first-order valence-electron chi connectivity index (χ1n) is 8.78. The molecule has 0 bridgehead atoms. The minimum Gasteiger partial charge on any atom is -0.454 e. The quantitative estimate of drug-likeness (QED) is 0.647. The Morgan fingerprint density at radius 2 is 1.66 bits per heavy atom. The van der Waals surface area contributed by atoms with Crippen molar-refractivity contribution < 1.29 is 17.9 Å². The van der Waals surface area contributed by atoms with Crippen LogP contribution >= 0.6 is 0 Å². The molecule has 3 aromatic rings. The van der Waals surface area contributed by atoms with Crippen molar-refractivity contribution in [2.45, 2.75) is 18.7 Å². The summed E-state index contributed by atoms with van der Waals surface area (Å²) in [6, 6.07) is 13.5. The second kappa shape index (κ2) is 7.51. The van der Waals surface area contributed by atoms with E-state index >= 15 is 0 Å². The molecule has 148 valence electrons. The van der Waals surface area contributed by atoms with E-state index in [-0.39, 0.29) is 17.6 Å². The highest BCUT2D eigenvalue weighted by atomic mass is 32.2. The zero-order chi connectivity index (χ0) is 20.4. The van der Waals surface area contributed by atoms with E-state index in [2.05, 4.69) is 19.7 Å². The summed E-state index contributed by atoms with van der Waals surface area (Å²) >= 11 is 0. The monoisotopic (exact) mass is 410 g/mol. The summed E-state index contributed by atoms with van der Waals surface area (Å²) in [5, 5.41) is 0. The molecule has 0 atom stereocenters.